The van der Waals surface area contributed by atoms with Gasteiger partial charge in [-0.2, -0.15) is 0 Å². The van der Waals surface area contributed by atoms with Crippen molar-refractivity contribution in [2.24, 2.45) is 11.8 Å². The Hall–Kier alpha value is -0.580. The third kappa shape index (κ3) is 3.96. The molecular weight excluding hydrogens is 340 g/mol. The van der Waals surface area contributed by atoms with Crippen LogP contribution in [-0.4, -0.2) is 19.0 Å². The number of rotatable bonds is 4. The molecule has 0 radical (unpaired) electrons. The summed E-state index contributed by atoms with van der Waals surface area (Å²) >= 11 is 3.43. The molecule has 1 aliphatic heterocycles. The van der Waals surface area contributed by atoms with Gasteiger partial charge in [0.2, 0.25) is 5.91 Å². The molecule has 1 atom stereocenters. The molecule has 1 aromatic carbocycles. The normalized spacial score (nSPS) is 16.8. The van der Waals surface area contributed by atoms with Gasteiger partial charge in [0, 0.05) is 10.4 Å². The first-order valence-electron chi connectivity index (χ1n) is 6.69. The maximum absolute atomic E-state index is 12.3. The summed E-state index contributed by atoms with van der Waals surface area (Å²) in [6, 6.07) is 8.09. The van der Waals surface area contributed by atoms with Crippen LogP contribution in [0.3, 0.4) is 0 Å². The van der Waals surface area contributed by atoms with E-state index < -0.39 is 0 Å². The number of amides is 1. The molecule has 1 amide bonds. The Morgan fingerprint density at radius 1 is 1.35 bits per heavy atom. The van der Waals surface area contributed by atoms with Crippen molar-refractivity contribution >= 4 is 34.2 Å². The van der Waals surface area contributed by atoms with Crippen molar-refractivity contribution in [1.29, 1.82) is 0 Å². The summed E-state index contributed by atoms with van der Waals surface area (Å²) in [7, 11) is 0. The van der Waals surface area contributed by atoms with E-state index in [4.69, 9.17) is 0 Å². The molecule has 2 N–H and O–H groups in total. The topological polar surface area (TPSA) is 41.1 Å². The van der Waals surface area contributed by atoms with Crippen LogP contribution in [0.15, 0.2) is 28.7 Å². The average Bonchev–Trinajstić information content (AvgIpc) is 2.26. The third-order valence-corrected chi connectivity index (χ3v) is 4.46. The number of hydrogen-bond donors (Lipinski definition) is 2. The van der Waals surface area contributed by atoms with Crippen LogP contribution in [-0.2, 0) is 10.3 Å². The van der Waals surface area contributed by atoms with E-state index in [1.54, 1.807) is 0 Å². The Kier molecular flexibility index (Phi) is 6.05. The Balaban J connectivity index is 0.00000200. The SMILES string of the molecule is CC(C(=O)NC(C)(C)c1ccc(Br)cc1)C1CNC1.Cl. The largest absolute Gasteiger partial charge is 0.347 e. The Morgan fingerprint density at radius 3 is 2.35 bits per heavy atom. The zero-order valence-corrected chi connectivity index (χ0v) is 14.5. The van der Waals surface area contributed by atoms with Gasteiger partial charge in [-0.1, -0.05) is 35.0 Å². The van der Waals surface area contributed by atoms with Crippen molar-refractivity contribution in [2.45, 2.75) is 26.3 Å². The summed E-state index contributed by atoms with van der Waals surface area (Å²) in [5.41, 5.74) is 0.770. The standard InChI is InChI=1S/C15H21BrN2O.ClH/c1-10(11-8-17-9-11)14(19)18-15(2,3)12-4-6-13(16)7-5-12;/h4-7,10-11,17H,8-9H2,1-3H3,(H,18,19);1H. The molecule has 0 aliphatic carbocycles. The number of halogens is 2. The molecule has 20 heavy (non-hydrogen) atoms. The molecule has 1 unspecified atom stereocenters. The Labute approximate surface area is 135 Å². The first-order valence-corrected chi connectivity index (χ1v) is 7.48. The lowest BCUT2D eigenvalue weighted by molar-refractivity contribution is -0.128. The number of hydrogen-bond acceptors (Lipinski definition) is 2. The van der Waals surface area contributed by atoms with Crippen LogP contribution in [0.1, 0.15) is 26.3 Å². The van der Waals surface area contributed by atoms with E-state index in [-0.39, 0.29) is 29.8 Å². The highest BCUT2D eigenvalue weighted by Crippen LogP contribution is 2.24. The van der Waals surface area contributed by atoms with Crippen molar-refractivity contribution < 1.29 is 4.79 Å². The minimum absolute atomic E-state index is 0. The van der Waals surface area contributed by atoms with Crippen molar-refractivity contribution in [3.8, 4) is 0 Å². The van der Waals surface area contributed by atoms with Gasteiger partial charge in [-0.3, -0.25) is 4.79 Å². The maximum Gasteiger partial charge on any atom is 0.223 e. The van der Waals surface area contributed by atoms with E-state index in [0.29, 0.717) is 5.92 Å². The zero-order valence-electron chi connectivity index (χ0n) is 12.1. The fourth-order valence-corrected chi connectivity index (χ4v) is 2.50. The number of nitrogens with one attached hydrogen (secondary N) is 2. The van der Waals surface area contributed by atoms with Gasteiger partial charge in [-0.25, -0.2) is 0 Å². The van der Waals surface area contributed by atoms with Gasteiger partial charge < -0.3 is 10.6 Å². The Bertz CT molecular complexity index is 457. The molecule has 3 nitrogen and oxygen atoms in total. The van der Waals surface area contributed by atoms with E-state index in [1.807, 2.05) is 45.0 Å². The smallest absolute Gasteiger partial charge is 0.223 e. The molecule has 5 heteroatoms. The second-order valence-electron chi connectivity index (χ2n) is 5.83. The van der Waals surface area contributed by atoms with E-state index in [0.717, 1.165) is 23.1 Å². The highest BCUT2D eigenvalue weighted by Gasteiger charge is 2.32. The van der Waals surface area contributed by atoms with Crippen LogP contribution in [0.5, 0.6) is 0 Å². The van der Waals surface area contributed by atoms with Crippen molar-refractivity contribution in [3.05, 3.63) is 34.3 Å². The molecule has 0 saturated carbocycles. The fourth-order valence-electron chi connectivity index (χ4n) is 2.24. The average molecular weight is 362 g/mol. The molecule has 1 aliphatic rings. The van der Waals surface area contributed by atoms with Crippen LogP contribution < -0.4 is 10.6 Å². The van der Waals surface area contributed by atoms with Gasteiger partial charge in [0.15, 0.2) is 0 Å². The summed E-state index contributed by atoms with van der Waals surface area (Å²) in [4.78, 5) is 12.3. The lowest BCUT2D eigenvalue weighted by atomic mass is 9.86. The van der Waals surface area contributed by atoms with Crippen LogP contribution in [0, 0.1) is 11.8 Å². The molecule has 1 heterocycles. The first-order chi connectivity index (χ1) is 8.90. The monoisotopic (exact) mass is 360 g/mol. The number of carbonyl (C=O) groups is 1. The van der Waals surface area contributed by atoms with E-state index in [2.05, 4.69) is 26.6 Å². The quantitative estimate of drug-likeness (QED) is 0.865. The highest BCUT2D eigenvalue weighted by atomic mass is 79.9. The van der Waals surface area contributed by atoms with Crippen LogP contribution in [0.4, 0.5) is 0 Å². The first kappa shape index (κ1) is 17.5. The second-order valence-corrected chi connectivity index (χ2v) is 6.74. The molecular formula is C15H22BrClN2O. The molecule has 0 spiro atoms. The molecule has 112 valence electrons. The van der Waals surface area contributed by atoms with Gasteiger partial charge in [-0.15, -0.1) is 12.4 Å². The minimum Gasteiger partial charge on any atom is -0.347 e. The number of carbonyl (C=O) groups excluding carboxylic acids is 1. The minimum atomic E-state index is -0.344. The van der Waals surface area contributed by atoms with Crippen molar-refractivity contribution in [1.82, 2.24) is 10.6 Å². The van der Waals surface area contributed by atoms with Crippen molar-refractivity contribution in [2.75, 3.05) is 13.1 Å². The lowest BCUT2D eigenvalue weighted by Crippen LogP contribution is -2.52. The fraction of sp³-hybridized carbons (Fsp3) is 0.533. The van der Waals surface area contributed by atoms with Crippen molar-refractivity contribution in [3.63, 3.8) is 0 Å². The van der Waals surface area contributed by atoms with Gasteiger partial charge in [0.1, 0.15) is 0 Å². The predicted molar refractivity (Wildman–Crippen MR) is 88.1 cm³/mol. The zero-order chi connectivity index (χ0) is 14.0. The van der Waals surface area contributed by atoms with Gasteiger partial charge >= 0.3 is 0 Å². The van der Waals surface area contributed by atoms with E-state index >= 15 is 0 Å². The molecule has 0 bridgehead atoms. The second kappa shape index (κ2) is 6.92. The molecule has 2 rings (SSSR count). The molecule has 0 aromatic heterocycles. The van der Waals surface area contributed by atoms with Gasteiger partial charge in [0.05, 0.1) is 5.54 Å². The highest BCUT2D eigenvalue weighted by molar-refractivity contribution is 9.10. The molecule has 1 aromatic rings. The Morgan fingerprint density at radius 2 is 1.90 bits per heavy atom. The van der Waals surface area contributed by atoms with Crippen LogP contribution in [0.2, 0.25) is 0 Å². The summed E-state index contributed by atoms with van der Waals surface area (Å²) in [5, 5.41) is 6.37. The maximum atomic E-state index is 12.3. The molecule has 1 saturated heterocycles. The van der Waals surface area contributed by atoms with Gasteiger partial charge in [0.25, 0.3) is 0 Å². The predicted octanol–water partition coefficient (Wildman–Crippen LogP) is 3.08. The van der Waals surface area contributed by atoms with E-state index in [1.165, 1.54) is 0 Å². The lowest BCUT2D eigenvalue weighted by Gasteiger charge is -2.35. The summed E-state index contributed by atoms with van der Waals surface area (Å²) in [6.45, 7) is 8.00. The summed E-state index contributed by atoms with van der Waals surface area (Å²) < 4.78 is 1.05. The molecule has 1 fully saturated rings. The van der Waals surface area contributed by atoms with Crippen LogP contribution >= 0.6 is 28.3 Å². The summed E-state index contributed by atoms with van der Waals surface area (Å²) in [6.07, 6.45) is 0. The third-order valence-electron chi connectivity index (χ3n) is 3.94. The summed E-state index contributed by atoms with van der Waals surface area (Å²) in [5.74, 6) is 0.677. The number of benzene rings is 1. The van der Waals surface area contributed by atoms with Gasteiger partial charge in [-0.05, 0) is 50.6 Å². The van der Waals surface area contributed by atoms with Crippen LogP contribution in [0.25, 0.3) is 0 Å². The van der Waals surface area contributed by atoms with E-state index in [9.17, 15) is 4.79 Å².